The molecule has 1 N–H and O–H groups in total. The third kappa shape index (κ3) is 6.48. The van der Waals surface area contributed by atoms with E-state index in [2.05, 4.69) is 13.8 Å². The lowest BCUT2D eigenvalue weighted by Crippen LogP contribution is -2.12. The second kappa shape index (κ2) is 9.22. The number of phenolic OH excluding ortho intramolecular Hbond substituents is 1. The Hall–Kier alpha value is -1.77. The zero-order valence-electron chi connectivity index (χ0n) is 13.3. The molecule has 0 saturated heterocycles. The predicted molar refractivity (Wildman–Crippen MR) is 86.1 cm³/mol. The molecule has 0 saturated carbocycles. The molecule has 1 aromatic carbocycles. The van der Waals surface area contributed by atoms with E-state index in [9.17, 15) is 9.90 Å². The first kappa shape index (κ1) is 17.3. The van der Waals surface area contributed by atoms with Crippen molar-refractivity contribution in [1.82, 2.24) is 0 Å². The Kier molecular flexibility index (Phi) is 7.59. The summed E-state index contributed by atoms with van der Waals surface area (Å²) in [4.78, 5) is 11.7. The molecule has 3 nitrogen and oxygen atoms in total. The number of esters is 1. The zero-order chi connectivity index (χ0) is 15.7. The van der Waals surface area contributed by atoms with E-state index in [1.54, 1.807) is 24.3 Å². The highest BCUT2D eigenvalue weighted by atomic mass is 16.5. The van der Waals surface area contributed by atoms with E-state index in [0.29, 0.717) is 12.5 Å². The number of phenols is 1. The lowest BCUT2D eigenvalue weighted by Gasteiger charge is -2.13. The van der Waals surface area contributed by atoms with E-state index < -0.39 is 0 Å². The van der Waals surface area contributed by atoms with Crippen LogP contribution in [0.3, 0.4) is 0 Å². The lowest BCUT2D eigenvalue weighted by molar-refractivity contribution is -0.139. The number of rotatable bonds is 8. The van der Waals surface area contributed by atoms with Crippen LogP contribution in [-0.4, -0.2) is 17.7 Å². The molecule has 0 aliphatic carbocycles. The highest BCUT2D eigenvalue weighted by molar-refractivity contribution is 5.87. The summed E-state index contributed by atoms with van der Waals surface area (Å²) in [6.07, 6.45) is 7.67. The number of aromatic hydroxyl groups is 1. The monoisotopic (exact) mass is 290 g/mol. The molecule has 1 aromatic rings. The Bertz CT molecular complexity index is 477. The number of hydrogen-bond donors (Lipinski definition) is 1. The van der Waals surface area contributed by atoms with Gasteiger partial charge in [0, 0.05) is 6.08 Å². The van der Waals surface area contributed by atoms with Crippen LogP contribution < -0.4 is 0 Å². The topological polar surface area (TPSA) is 46.5 Å². The molecular formula is C18H26O3. The zero-order valence-corrected chi connectivity index (χ0v) is 13.3. The molecule has 116 valence electrons. The minimum absolute atomic E-state index is 0.230. The number of hydrogen-bond acceptors (Lipinski definition) is 3. The van der Waals surface area contributed by atoms with Crippen molar-refractivity contribution < 1.29 is 14.6 Å². The van der Waals surface area contributed by atoms with Crippen LogP contribution >= 0.6 is 0 Å². The molecule has 0 spiro atoms. The van der Waals surface area contributed by atoms with E-state index in [0.717, 1.165) is 24.0 Å². The second-order valence-electron chi connectivity index (χ2n) is 5.42. The smallest absolute Gasteiger partial charge is 0.330 e. The van der Waals surface area contributed by atoms with Crippen LogP contribution in [0.1, 0.15) is 50.7 Å². The number of carbonyl (C=O) groups excluding carboxylic acids is 1. The Morgan fingerprint density at radius 2 is 2.14 bits per heavy atom. The number of carbonyl (C=O) groups is 1. The van der Waals surface area contributed by atoms with E-state index in [1.165, 1.54) is 18.9 Å². The van der Waals surface area contributed by atoms with Crippen LogP contribution in [0.4, 0.5) is 0 Å². The molecule has 0 bridgehead atoms. The first-order valence-electron chi connectivity index (χ1n) is 7.71. The summed E-state index contributed by atoms with van der Waals surface area (Å²) in [6.45, 7) is 6.68. The fourth-order valence-corrected chi connectivity index (χ4v) is 2.15. The quantitative estimate of drug-likeness (QED) is 0.567. The predicted octanol–water partition coefficient (Wildman–Crippen LogP) is 4.47. The van der Waals surface area contributed by atoms with E-state index >= 15 is 0 Å². The van der Waals surface area contributed by atoms with Crippen molar-refractivity contribution in [1.29, 1.82) is 0 Å². The minimum Gasteiger partial charge on any atom is -0.508 e. The van der Waals surface area contributed by atoms with Gasteiger partial charge in [-0.15, -0.1) is 0 Å². The third-order valence-corrected chi connectivity index (χ3v) is 3.66. The van der Waals surface area contributed by atoms with Crippen molar-refractivity contribution in [2.24, 2.45) is 5.92 Å². The molecule has 0 radical (unpaired) electrons. The maximum Gasteiger partial charge on any atom is 0.330 e. The summed E-state index contributed by atoms with van der Waals surface area (Å²) in [6, 6.07) is 5.06. The largest absolute Gasteiger partial charge is 0.508 e. The van der Waals surface area contributed by atoms with Crippen LogP contribution in [-0.2, 0) is 9.53 Å². The summed E-state index contributed by atoms with van der Waals surface area (Å²) >= 11 is 0. The summed E-state index contributed by atoms with van der Waals surface area (Å²) in [5, 5.41) is 9.34. The van der Waals surface area contributed by atoms with E-state index in [-0.39, 0.29) is 11.7 Å². The fourth-order valence-electron chi connectivity index (χ4n) is 2.15. The van der Waals surface area contributed by atoms with Gasteiger partial charge in [-0.1, -0.05) is 39.2 Å². The van der Waals surface area contributed by atoms with E-state index in [1.807, 2.05) is 6.92 Å². The van der Waals surface area contributed by atoms with Crippen molar-refractivity contribution in [3.8, 4) is 5.75 Å². The molecular weight excluding hydrogens is 264 g/mol. The van der Waals surface area contributed by atoms with Gasteiger partial charge in [0.15, 0.2) is 0 Å². The van der Waals surface area contributed by atoms with Gasteiger partial charge in [0.05, 0.1) is 6.61 Å². The summed E-state index contributed by atoms with van der Waals surface area (Å²) < 4.78 is 5.30. The molecule has 3 heteroatoms. The number of aryl methyl sites for hydroxylation is 1. The lowest BCUT2D eigenvalue weighted by atomic mass is 10.0. The second-order valence-corrected chi connectivity index (χ2v) is 5.42. The standard InChI is InChI=1S/C18H26O3/c1-4-6-7-15(5-2)13-21-18(20)11-9-16-8-10-17(19)12-14(16)3/h8-12,15,19H,4-7,13H2,1-3H3/b11-9+. The Morgan fingerprint density at radius 3 is 2.76 bits per heavy atom. The number of unbranched alkanes of at least 4 members (excludes halogenated alkanes) is 1. The van der Waals surface area contributed by atoms with Gasteiger partial charge in [0.2, 0.25) is 0 Å². The first-order valence-corrected chi connectivity index (χ1v) is 7.71. The highest BCUT2D eigenvalue weighted by Crippen LogP contribution is 2.17. The van der Waals surface area contributed by atoms with Gasteiger partial charge >= 0.3 is 5.97 Å². The van der Waals surface area contributed by atoms with Crippen LogP contribution in [0, 0.1) is 12.8 Å². The maximum absolute atomic E-state index is 11.7. The Morgan fingerprint density at radius 1 is 1.38 bits per heavy atom. The Labute approximate surface area is 127 Å². The number of ether oxygens (including phenoxy) is 1. The average molecular weight is 290 g/mol. The third-order valence-electron chi connectivity index (χ3n) is 3.66. The van der Waals surface area contributed by atoms with Crippen molar-refractivity contribution in [2.75, 3.05) is 6.61 Å². The molecule has 21 heavy (non-hydrogen) atoms. The normalized spacial score (nSPS) is 12.5. The summed E-state index contributed by atoms with van der Waals surface area (Å²) in [5.41, 5.74) is 1.83. The summed E-state index contributed by atoms with van der Waals surface area (Å²) in [7, 11) is 0. The molecule has 1 atom stereocenters. The van der Waals surface area contributed by atoms with Gasteiger partial charge in [0.25, 0.3) is 0 Å². The van der Waals surface area contributed by atoms with Crippen molar-refractivity contribution >= 4 is 12.0 Å². The molecule has 0 heterocycles. The van der Waals surface area contributed by atoms with Gasteiger partial charge in [0.1, 0.15) is 5.75 Å². The molecule has 0 amide bonds. The van der Waals surface area contributed by atoms with Crippen LogP contribution in [0.5, 0.6) is 5.75 Å². The summed E-state index contributed by atoms with van der Waals surface area (Å²) in [5.74, 6) is 0.379. The maximum atomic E-state index is 11.7. The van der Waals surface area contributed by atoms with Gasteiger partial charge < -0.3 is 9.84 Å². The van der Waals surface area contributed by atoms with Gasteiger partial charge in [-0.2, -0.15) is 0 Å². The van der Waals surface area contributed by atoms with E-state index in [4.69, 9.17) is 4.74 Å². The Balaban J connectivity index is 2.47. The van der Waals surface area contributed by atoms with Gasteiger partial charge in [-0.25, -0.2) is 4.79 Å². The highest BCUT2D eigenvalue weighted by Gasteiger charge is 2.08. The average Bonchev–Trinajstić information content (AvgIpc) is 2.46. The van der Waals surface area contributed by atoms with Gasteiger partial charge in [-0.05, 0) is 48.6 Å². The van der Waals surface area contributed by atoms with Crippen LogP contribution in [0.2, 0.25) is 0 Å². The molecule has 0 aliphatic rings. The van der Waals surface area contributed by atoms with Crippen LogP contribution in [0.15, 0.2) is 24.3 Å². The molecule has 1 unspecified atom stereocenters. The van der Waals surface area contributed by atoms with Crippen LogP contribution in [0.25, 0.3) is 6.08 Å². The SMILES string of the molecule is CCCCC(CC)COC(=O)/C=C/c1ccc(O)cc1C. The molecule has 0 aliphatic heterocycles. The van der Waals surface area contributed by atoms with Gasteiger partial charge in [-0.3, -0.25) is 0 Å². The first-order chi connectivity index (χ1) is 10.1. The van der Waals surface area contributed by atoms with Crippen molar-refractivity contribution in [3.05, 3.63) is 35.4 Å². The molecule has 1 rings (SSSR count). The fraction of sp³-hybridized carbons (Fsp3) is 0.500. The number of benzene rings is 1. The minimum atomic E-state index is -0.308. The molecule has 0 fully saturated rings. The van der Waals surface area contributed by atoms with Crippen molar-refractivity contribution in [3.63, 3.8) is 0 Å². The van der Waals surface area contributed by atoms with Crippen molar-refractivity contribution in [2.45, 2.75) is 46.5 Å². The molecule has 0 aromatic heterocycles.